The van der Waals surface area contributed by atoms with Gasteiger partial charge in [-0.3, -0.25) is 4.79 Å². The average Bonchev–Trinajstić information content (AvgIpc) is 2.59. The van der Waals surface area contributed by atoms with Crippen LogP contribution >= 0.6 is 23.8 Å². The molecule has 0 bridgehead atoms. The first kappa shape index (κ1) is 20.3. The molecule has 142 valence electrons. The minimum atomic E-state index is -0.492. The number of halogens is 1. The molecule has 1 aromatic carbocycles. The maximum atomic E-state index is 13.1. The number of thiocarbonyl (C=S) groups is 1. The molecule has 1 atom stereocenters. The van der Waals surface area contributed by atoms with Crippen LogP contribution in [0.25, 0.3) is 0 Å². The lowest BCUT2D eigenvalue weighted by atomic mass is 9.94. The van der Waals surface area contributed by atoms with E-state index in [2.05, 4.69) is 10.6 Å². The molecule has 0 aromatic heterocycles. The van der Waals surface area contributed by atoms with Crippen molar-refractivity contribution < 1.29 is 14.6 Å². The van der Waals surface area contributed by atoms with Gasteiger partial charge in [0.2, 0.25) is 0 Å². The molecule has 2 rings (SSSR count). The van der Waals surface area contributed by atoms with Crippen LogP contribution in [0.1, 0.15) is 39.3 Å². The van der Waals surface area contributed by atoms with Gasteiger partial charge in [0.15, 0.2) is 16.6 Å². The van der Waals surface area contributed by atoms with Gasteiger partial charge < -0.3 is 25.4 Å². The number of hydrogen-bond acceptors (Lipinski definition) is 4. The van der Waals surface area contributed by atoms with Gasteiger partial charge in [-0.15, -0.1) is 0 Å². The summed E-state index contributed by atoms with van der Waals surface area (Å²) in [4.78, 5) is 14.8. The number of ether oxygens (including phenoxy) is 1. The molecule has 1 heterocycles. The number of benzene rings is 1. The van der Waals surface area contributed by atoms with Crippen molar-refractivity contribution in [3.63, 3.8) is 0 Å². The van der Waals surface area contributed by atoms with Crippen molar-refractivity contribution in [1.82, 2.24) is 15.5 Å². The lowest BCUT2D eigenvalue weighted by Crippen LogP contribution is -2.47. The maximum absolute atomic E-state index is 13.1. The second-order valence-electron chi connectivity index (χ2n) is 5.83. The largest absolute Gasteiger partial charge is 0.503 e. The fraction of sp³-hybridized carbons (Fsp3) is 0.444. The predicted octanol–water partition coefficient (Wildman–Crippen LogP) is 3.11. The Balaban J connectivity index is 2.56. The highest BCUT2D eigenvalue weighted by molar-refractivity contribution is 7.80. The van der Waals surface area contributed by atoms with E-state index in [1.165, 1.54) is 0 Å². The summed E-state index contributed by atoms with van der Waals surface area (Å²) in [5.74, 6) is 0.0711. The standard InChI is InChI=1S/C18H24ClN3O3S/c1-5-22(6-2)17(24)14-10(4)20-18(26)21-15(14)11-8-12(19)16(23)13(9-11)25-7-3/h8-9,15,23H,5-7H2,1-4H3,(H2,20,21,26). The summed E-state index contributed by atoms with van der Waals surface area (Å²) in [5, 5.41) is 16.8. The molecular weight excluding hydrogens is 374 g/mol. The first-order valence-corrected chi connectivity index (χ1v) is 9.35. The third-order valence-corrected chi connectivity index (χ3v) is 4.74. The van der Waals surface area contributed by atoms with E-state index >= 15 is 0 Å². The molecule has 0 radical (unpaired) electrons. The van der Waals surface area contributed by atoms with E-state index in [0.29, 0.717) is 41.6 Å². The van der Waals surface area contributed by atoms with E-state index in [1.54, 1.807) is 17.0 Å². The molecule has 6 nitrogen and oxygen atoms in total. The first-order valence-electron chi connectivity index (χ1n) is 8.56. The van der Waals surface area contributed by atoms with Crippen LogP contribution in [0.15, 0.2) is 23.4 Å². The number of rotatable bonds is 6. The van der Waals surface area contributed by atoms with E-state index in [1.807, 2.05) is 27.7 Å². The third-order valence-electron chi connectivity index (χ3n) is 4.23. The molecule has 1 aliphatic rings. The Morgan fingerprint density at radius 1 is 1.35 bits per heavy atom. The first-order chi connectivity index (χ1) is 12.3. The number of likely N-dealkylation sites (N-methyl/N-ethyl adjacent to an activating group) is 1. The number of nitrogens with one attached hydrogen (secondary N) is 2. The van der Waals surface area contributed by atoms with Gasteiger partial charge in [-0.05, 0) is 57.6 Å². The van der Waals surface area contributed by atoms with Gasteiger partial charge in [0.05, 0.1) is 23.2 Å². The van der Waals surface area contributed by atoms with Crippen molar-refractivity contribution in [2.24, 2.45) is 0 Å². The highest BCUT2D eigenvalue weighted by Crippen LogP contribution is 2.39. The molecular formula is C18H24ClN3O3S. The smallest absolute Gasteiger partial charge is 0.253 e. The number of phenols is 1. The Labute approximate surface area is 164 Å². The Kier molecular flexibility index (Phi) is 6.72. The molecule has 1 aromatic rings. The average molecular weight is 398 g/mol. The van der Waals surface area contributed by atoms with E-state index in [4.69, 9.17) is 28.6 Å². The lowest BCUT2D eigenvalue weighted by molar-refractivity contribution is -0.127. The maximum Gasteiger partial charge on any atom is 0.253 e. The second-order valence-corrected chi connectivity index (χ2v) is 6.65. The molecule has 3 N–H and O–H groups in total. The highest BCUT2D eigenvalue weighted by Gasteiger charge is 2.32. The van der Waals surface area contributed by atoms with E-state index < -0.39 is 6.04 Å². The van der Waals surface area contributed by atoms with Crippen molar-refractivity contribution in [3.8, 4) is 11.5 Å². The van der Waals surface area contributed by atoms with Crippen molar-refractivity contribution in [3.05, 3.63) is 34.0 Å². The zero-order chi connectivity index (χ0) is 19.4. The number of nitrogens with zero attached hydrogens (tertiary/aromatic N) is 1. The van der Waals surface area contributed by atoms with Crippen molar-refractivity contribution >= 4 is 34.8 Å². The summed E-state index contributed by atoms with van der Waals surface area (Å²) in [7, 11) is 0. The van der Waals surface area contributed by atoms with Crippen LogP contribution in [0.2, 0.25) is 5.02 Å². The number of allylic oxidation sites excluding steroid dienone is 1. The van der Waals surface area contributed by atoms with E-state index in [0.717, 1.165) is 0 Å². The monoisotopic (exact) mass is 397 g/mol. The summed E-state index contributed by atoms with van der Waals surface area (Å²) in [5.41, 5.74) is 1.94. The normalized spacial score (nSPS) is 16.8. The Morgan fingerprint density at radius 2 is 2.00 bits per heavy atom. The summed E-state index contributed by atoms with van der Waals surface area (Å²) in [6, 6.07) is 2.81. The quantitative estimate of drug-likeness (QED) is 0.640. The molecule has 0 aliphatic carbocycles. The molecule has 0 saturated carbocycles. The molecule has 26 heavy (non-hydrogen) atoms. The number of aromatic hydroxyl groups is 1. The fourth-order valence-electron chi connectivity index (χ4n) is 2.93. The van der Waals surface area contributed by atoms with Gasteiger partial charge >= 0.3 is 0 Å². The third kappa shape index (κ3) is 4.04. The number of hydrogen-bond donors (Lipinski definition) is 3. The van der Waals surface area contributed by atoms with Gasteiger partial charge in [0, 0.05) is 18.8 Å². The van der Waals surface area contributed by atoms with E-state index in [-0.39, 0.29) is 22.4 Å². The zero-order valence-corrected chi connectivity index (χ0v) is 16.9. The van der Waals surface area contributed by atoms with Crippen LogP contribution < -0.4 is 15.4 Å². The Bertz CT molecular complexity index is 747. The minimum absolute atomic E-state index is 0.0813. The Morgan fingerprint density at radius 3 is 2.58 bits per heavy atom. The summed E-state index contributed by atoms with van der Waals surface area (Å²) >= 11 is 11.4. The summed E-state index contributed by atoms with van der Waals surface area (Å²) in [6.07, 6.45) is 0. The highest BCUT2D eigenvalue weighted by atomic mass is 35.5. The molecule has 0 fully saturated rings. The molecule has 1 aliphatic heterocycles. The number of amides is 1. The van der Waals surface area contributed by atoms with Crippen LogP contribution in [-0.2, 0) is 4.79 Å². The van der Waals surface area contributed by atoms with Crippen LogP contribution in [0.5, 0.6) is 11.5 Å². The van der Waals surface area contributed by atoms with Gasteiger partial charge in [-0.2, -0.15) is 0 Å². The van der Waals surface area contributed by atoms with Crippen molar-refractivity contribution in [2.75, 3.05) is 19.7 Å². The van der Waals surface area contributed by atoms with Gasteiger partial charge in [0.1, 0.15) is 0 Å². The fourth-order valence-corrected chi connectivity index (χ4v) is 3.42. The second kappa shape index (κ2) is 8.60. The van der Waals surface area contributed by atoms with Crippen molar-refractivity contribution in [1.29, 1.82) is 0 Å². The van der Waals surface area contributed by atoms with Crippen LogP contribution in [-0.4, -0.2) is 40.7 Å². The molecule has 1 unspecified atom stereocenters. The van der Waals surface area contributed by atoms with E-state index in [9.17, 15) is 9.90 Å². The lowest BCUT2D eigenvalue weighted by Gasteiger charge is -2.33. The topological polar surface area (TPSA) is 73.8 Å². The van der Waals surface area contributed by atoms with Gasteiger partial charge in [0.25, 0.3) is 5.91 Å². The van der Waals surface area contributed by atoms with Gasteiger partial charge in [-0.25, -0.2) is 0 Å². The number of carbonyl (C=O) groups excluding carboxylic acids is 1. The van der Waals surface area contributed by atoms with Crippen LogP contribution in [0.3, 0.4) is 0 Å². The minimum Gasteiger partial charge on any atom is -0.503 e. The van der Waals surface area contributed by atoms with Crippen LogP contribution in [0.4, 0.5) is 0 Å². The van der Waals surface area contributed by atoms with Crippen LogP contribution in [0, 0.1) is 0 Å². The number of carbonyl (C=O) groups is 1. The Hall–Kier alpha value is -1.99. The molecule has 0 saturated heterocycles. The van der Waals surface area contributed by atoms with Gasteiger partial charge in [-0.1, -0.05) is 11.6 Å². The SMILES string of the molecule is CCOc1cc(C2NC(=S)NC(C)=C2C(=O)N(CC)CC)cc(Cl)c1O. The molecule has 8 heteroatoms. The number of phenolic OH excluding ortho intramolecular Hbond substituents is 1. The zero-order valence-electron chi connectivity index (χ0n) is 15.4. The molecule has 1 amide bonds. The summed E-state index contributed by atoms with van der Waals surface area (Å²) in [6.45, 7) is 9.09. The van der Waals surface area contributed by atoms with Crippen molar-refractivity contribution in [2.45, 2.75) is 33.7 Å². The molecule has 0 spiro atoms. The summed E-state index contributed by atoms with van der Waals surface area (Å²) < 4.78 is 5.47. The predicted molar refractivity (Wildman–Crippen MR) is 107 cm³/mol.